The van der Waals surface area contributed by atoms with Gasteiger partial charge in [0, 0.05) is 23.7 Å². The lowest BCUT2D eigenvalue weighted by Crippen LogP contribution is -2.30. The molecule has 1 heterocycles. The first-order valence-electron chi connectivity index (χ1n) is 8.72. The average molecular weight is 394 g/mol. The SMILES string of the molecule is CC(=O)Nc1ccc(NC(=O)[C@H](C)OC(=O)c2n[nH]c(=O)c3ccccc23)cc1. The van der Waals surface area contributed by atoms with Crippen LogP contribution < -0.4 is 16.2 Å². The topological polar surface area (TPSA) is 130 Å². The summed E-state index contributed by atoms with van der Waals surface area (Å²) >= 11 is 0. The van der Waals surface area contributed by atoms with Gasteiger partial charge in [0.05, 0.1) is 5.39 Å². The molecule has 0 aliphatic heterocycles. The predicted molar refractivity (Wildman–Crippen MR) is 107 cm³/mol. The minimum Gasteiger partial charge on any atom is -0.448 e. The Morgan fingerprint density at radius 1 is 0.966 bits per heavy atom. The van der Waals surface area contributed by atoms with Gasteiger partial charge in [-0.15, -0.1) is 0 Å². The maximum Gasteiger partial charge on any atom is 0.360 e. The van der Waals surface area contributed by atoms with Crippen molar-refractivity contribution in [3.8, 4) is 0 Å². The smallest absolute Gasteiger partial charge is 0.360 e. The van der Waals surface area contributed by atoms with E-state index in [1.165, 1.54) is 13.8 Å². The van der Waals surface area contributed by atoms with Gasteiger partial charge >= 0.3 is 5.97 Å². The summed E-state index contributed by atoms with van der Waals surface area (Å²) in [6.45, 7) is 2.82. The number of esters is 1. The Bertz CT molecular complexity index is 1140. The number of nitrogens with one attached hydrogen (secondary N) is 3. The van der Waals surface area contributed by atoms with Crippen molar-refractivity contribution in [1.29, 1.82) is 0 Å². The molecule has 0 bridgehead atoms. The number of hydrogen-bond acceptors (Lipinski definition) is 6. The standard InChI is InChI=1S/C20H18N4O5/c1-11(18(26)22-14-9-7-13(8-10-14)21-12(2)25)29-20(28)17-15-5-3-4-6-16(15)19(27)24-23-17/h3-11H,1-2H3,(H,21,25)(H,22,26)(H,24,27)/t11-/m0/s1. The maximum atomic E-state index is 12.5. The molecule has 1 atom stereocenters. The van der Waals surface area contributed by atoms with Crippen LogP contribution in [0.25, 0.3) is 10.8 Å². The summed E-state index contributed by atoms with van der Waals surface area (Å²) in [7, 11) is 0. The first-order chi connectivity index (χ1) is 13.8. The van der Waals surface area contributed by atoms with Gasteiger partial charge in [-0.3, -0.25) is 14.4 Å². The number of anilines is 2. The average Bonchev–Trinajstić information content (AvgIpc) is 2.69. The van der Waals surface area contributed by atoms with Gasteiger partial charge in [-0.25, -0.2) is 9.89 Å². The summed E-state index contributed by atoms with van der Waals surface area (Å²) in [5.74, 6) is -1.58. The van der Waals surface area contributed by atoms with Crippen molar-refractivity contribution in [3.05, 3.63) is 64.6 Å². The monoisotopic (exact) mass is 394 g/mol. The summed E-state index contributed by atoms with van der Waals surface area (Å²) in [5, 5.41) is 11.9. The van der Waals surface area contributed by atoms with E-state index in [2.05, 4.69) is 20.8 Å². The molecule has 0 aliphatic rings. The van der Waals surface area contributed by atoms with Gasteiger partial charge in [0.1, 0.15) is 0 Å². The number of fused-ring (bicyclic) bond motifs is 1. The van der Waals surface area contributed by atoms with E-state index < -0.39 is 23.5 Å². The van der Waals surface area contributed by atoms with Crippen molar-refractivity contribution in [2.24, 2.45) is 0 Å². The van der Waals surface area contributed by atoms with Crippen LogP contribution in [0.4, 0.5) is 11.4 Å². The van der Waals surface area contributed by atoms with Gasteiger partial charge in [0.2, 0.25) is 5.91 Å². The van der Waals surface area contributed by atoms with Crippen molar-refractivity contribution < 1.29 is 19.1 Å². The van der Waals surface area contributed by atoms with Crippen molar-refractivity contribution in [3.63, 3.8) is 0 Å². The summed E-state index contributed by atoms with van der Waals surface area (Å²) in [6, 6.07) is 12.9. The maximum absolute atomic E-state index is 12.5. The highest BCUT2D eigenvalue weighted by Gasteiger charge is 2.22. The van der Waals surface area contributed by atoms with Crippen LogP contribution in [0.1, 0.15) is 24.3 Å². The molecular formula is C20H18N4O5. The fourth-order valence-corrected chi connectivity index (χ4v) is 2.62. The molecule has 3 aromatic rings. The number of amides is 2. The van der Waals surface area contributed by atoms with Crippen molar-refractivity contribution in [2.45, 2.75) is 20.0 Å². The highest BCUT2D eigenvalue weighted by Crippen LogP contribution is 2.16. The first kappa shape index (κ1) is 19.7. The van der Waals surface area contributed by atoms with Crippen LogP contribution in [0, 0.1) is 0 Å². The molecule has 0 radical (unpaired) electrons. The zero-order valence-electron chi connectivity index (χ0n) is 15.7. The lowest BCUT2D eigenvalue weighted by Gasteiger charge is -2.14. The number of ether oxygens (including phenoxy) is 1. The summed E-state index contributed by atoms with van der Waals surface area (Å²) in [5.41, 5.74) is 0.552. The Labute approximate surface area is 165 Å². The van der Waals surface area contributed by atoms with Crippen LogP contribution in [-0.4, -0.2) is 34.1 Å². The molecule has 29 heavy (non-hydrogen) atoms. The van der Waals surface area contributed by atoms with E-state index in [1.807, 2.05) is 0 Å². The van der Waals surface area contributed by atoms with Crippen LogP contribution in [0.5, 0.6) is 0 Å². The number of carbonyl (C=O) groups is 3. The fourth-order valence-electron chi connectivity index (χ4n) is 2.62. The van der Waals surface area contributed by atoms with E-state index in [1.54, 1.807) is 48.5 Å². The summed E-state index contributed by atoms with van der Waals surface area (Å²) in [4.78, 5) is 47.6. The molecule has 1 aromatic heterocycles. The fraction of sp³-hybridized carbons (Fsp3) is 0.150. The molecule has 3 rings (SSSR count). The molecule has 2 aromatic carbocycles. The predicted octanol–water partition coefficient (Wildman–Crippen LogP) is 2.07. The van der Waals surface area contributed by atoms with Gasteiger partial charge in [-0.05, 0) is 37.3 Å². The third-order valence-electron chi connectivity index (χ3n) is 4.02. The molecule has 0 spiro atoms. The number of benzene rings is 2. The lowest BCUT2D eigenvalue weighted by atomic mass is 10.1. The zero-order valence-corrected chi connectivity index (χ0v) is 15.7. The van der Waals surface area contributed by atoms with Crippen molar-refractivity contribution >= 4 is 39.9 Å². The third kappa shape index (κ3) is 4.64. The van der Waals surface area contributed by atoms with Crippen molar-refractivity contribution in [1.82, 2.24) is 10.2 Å². The Kier molecular flexibility index (Phi) is 5.68. The Hall–Kier alpha value is -4.01. The molecular weight excluding hydrogens is 376 g/mol. The number of H-pyrrole nitrogens is 1. The van der Waals surface area contributed by atoms with Crippen molar-refractivity contribution in [2.75, 3.05) is 10.6 Å². The van der Waals surface area contributed by atoms with Crippen LogP contribution in [-0.2, 0) is 14.3 Å². The number of aromatic amines is 1. The van der Waals surface area contributed by atoms with E-state index >= 15 is 0 Å². The number of nitrogens with zero attached hydrogens (tertiary/aromatic N) is 1. The molecule has 0 saturated heterocycles. The largest absolute Gasteiger partial charge is 0.448 e. The molecule has 0 unspecified atom stereocenters. The van der Waals surface area contributed by atoms with Gasteiger partial charge in [0.25, 0.3) is 11.5 Å². The molecule has 2 amide bonds. The van der Waals surface area contributed by atoms with Crippen LogP contribution in [0.3, 0.4) is 0 Å². The Morgan fingerprint density at radius 3 is 2.17 bits per heavy atom. The normalized spacial score (nSPS) is 11.5. The Morgan fingerprint density at radius 2 is 1.55 bits per heavy atom. The van der Waals surface area contributed by atoms with Crippen LogP contribution in [0.2, 0.25) is 0 Å². The number of hydrogen-bond donors (Lipinski definition) is 3. The molecule has 9 heteroatoms. The highest BCUT2D eigenvalue weighted by molar-refractivity contribution is 6.03. The molecule has 0 aliphatic carbocycles. The van der Waals surface area contributed by atoms with Gasteiger partial charge in [0.15, 0.2) is 11.8 Å². The second-order valence-electron chi connectivity index (χ2n) is 6.24. The second kappa shape index (κ2) is 8.34. The van der Waals surface area contributed by atoms with Gasteiger partial charge in [-0.2, -0.15) is 5.10 Å². The molecule has 0 saturated carbocycles. The molecule has 9 nitrogen and oxygen atoms in total. The third-order valence-corrected chi connectivity index (χ3v) is 4.02. The highest BCUT2D eigenvalue weighted by atomic mass is 16.5. The number of aromatic nitrogens is 2. The molecule has 148 valence electrons. The van der Waals surface area contributed by atoms with E-state index in [4.69, 9.17) is 4.74 Å². The van der Waals surface area contributed by atoms with E-state index in [0.29, 0.717) is 22.1 Å². The van der Waals surface area contributed by atoms with E-state index in [0.717, 1.165) is 0 Å². The number of rotatable bonds is 5. The summed E-state index contributed by atoms with van der Waals surface area (Å²) in [6.07, 6.45) is -1.11. The zero-order chi connectivity index (χ0) is 21.0. The van der Waals surface area contributed by atoms with Crippen LogP contribution in [0.15, 0.2) is 53.3 Å². The second-order valence-corrected chi connectivity index (χ2v) is 6.24. The van der Waals surface area contributed by atoms with Crippen LogP contribution >= 0.6 is 0 Å². The van der Waals surface area contributed by atoms with E-state index in [-0.39, 0.29) is 11.6 Å². The Balaban J connectivity index is 1.68. The summed E-state index contributed by atoms with van der Waals surface area (Å²) < 4.78 is 5.20. The lowest BCUT2D eigenvalue weighted by molar-refractivity contribution is -0.123. The number of carbonyl (C=O) groups excluding carboxylic acids is 3. The minimum atomic E-state index is -1.11. The first-order valence-corrected chi connectivity index (χ1v) is 8.72. The van der Waals surface area contributed by atoms with E-state index in [9.17, 15) is 19.2 Å². The quantitative estimate of drug-likeness (QED) is 0.568. The van der Waals surface area contributed by atoms with Gasteiger partial charge < -0.3 is 15.4 Å². The minimum absolute atomic E-state index is 0.0838. The van der Waals surface area contributed by atoms with Gasteiger partial charge in [-0.1, -0.05) is 18.2 Å². The molecule has 0 fully saturated rings. The molecule has 3 N–H and O–H groups in total.